The van der Waals surface area contributed by atoms with Crippen molar-refractivity contribution in [2.45, 2.75) is 18.9 Å². The van der Waals surface area contributed by atoms with Crippen LogP contribution < -0.4 is 5.73 Å². The molecule has 1 aromatic rings. The fourth-order valence-electron chi connectivity index (χ4n) is 1.13. The summed E-state index contributed by atoms with van der Waals surface area (Å²) in [6.07, 6.45) is 1.09. The van der Waals surface area contributed by atoms with E-state index in [2.05, 4.69) is 4.98 Å². The van der Waals surface area contributed by atoms with Crippen LogP contribution in [0.15, 0.2) is 12.3 Å². The molecule has 0 amide bonds. The molecule has 0 fully saturated rings. The normalized spacial score (nSPS) is 12.5. The molecule has 1 rings (SSSR count). The van der Waals surface area contributed by atoms with Gasteiger partial charge in [0.2, 0.25) is 0 Å². The molecule has 15 heavy (non-hydrogen) atoms. The smallest absolute Gasteiger partial charge is 0.303 e. The van der Waals surface area contributed by atoms with Gasteiger partial charge in [0.15, 0.2) is 0 Å². The van der Waals surface area contributed by atoms with E-state index in [0.29, 0.717) is 5.56 Å². The molecule has 1 atom stereocenters. The molecule has 1 aromatic heterocycles. The largest absolute Gasteiger partial charge is 0.481 e. The Kier molecular flexibility index (Phi) is 3.99. The number of carboxylic acids is 1. The van der Waals surface area contributed by atoms with E-state index in [9.17, 15) is 9.18 Å². The second-order valence-corrected chi connectivity index (χ2v) is 3.43. The van der Waals surface area contributed by atoms with Crippen LogP contribution in [0.4, 0.5) is 4.39 Å². The quantitative estimate of drug-likeness (QED) is 0.776. The summed E-state index contributed by atoms with van der Waals surface area (Å²) in [5.74, 6) is -1.49. The van der Waals surface area contributed by atoms with Gasteiger partial charge >= 0.3 is 5.97 Å². The molecule has 0 aliphatic heterocycles. The van der Waals surface area contributed by atoms with E-state index in [1.165, 1.54) is 6.07 Å². The lowest BCUT2D eigenvalue weighted by atomic mass is 10.1. The molecule has 82 valence electrons. The van der Waals surface area contributed by atoms with Crippen molar-refractivity contribution >= 4 is 17.6 Å². The summed E-state index contributed by atoms with van der Waals surface area (Å²) >= 11 is 5.70. The van der Waals surface area contributed by atoms with Crippen LogP contribution in [0.1, 0.15) is 24.4 Å². The lowest BCUT2D eigenvalue weighted by Crippen LogP contribution is -2.13. The highest BCUT2D eigenvalue weighted by atomic mass is 35.5. The summed E-state index contributed by atoms with van der Waals surface area (Å²) in [6, 6.07) is 0.554. The molecule has 4 nitrogen and oxygen atoms in total. The highest BCUT2D eigenvalue weighted by Crippen LogP contribution is 2.23. The van der Waals surface area contributed by atoms with Crippen molar-refractivity contribution in [3.8, 4) is 0 Å². The molecule has 0 aromatic carbocycles. The first-order valence-corrected chi connectivity index (χ1v) is 4.67. The number of aromatic nitrogens is 1. The molecule has 0 aliphatic carbocycles. The predicted molar refractivity (Wildman–Crippen MR) is 53.0 cm³/mol. The zero-order chi connectivity index (χ0) is 11.4. The van der Waals surface area contributed by atoms with Crippen molar-refractivity contribution in [1.29, 1.82) is 0 Å². The summed E-state index contributed by atoms with van der Waals surface area (Å²) in [5.41, 5.74) is 5.99. The summed E-state index contributed by atoms with van der Waals surface area (Å²) < 4.78 is 12.8. The number of aliphatic carboxylic acids is 1. The van der Waals surface area contributed by atoms with Crippen LogP contribution in [-0.2, 0) is 4.79 Å². The van der Waals surface area contributed by atoms with Gasteiger partial charge in [0.25, 0.3) is 0 Å². The Morgan fingerprint density at radius 1 is 1.73 bits per heavy atom. The molecule has 0 saturated heterocycles. The molecule has 0 radical (unpaired) electrons. The molecule has 6 heteroatoms. The molecule has 3 N–H and O–H groups in total. The molecule has 1 unspecified atom stereocenters. The fraction of sp³-hybridized carbons (Fsp3) is 0.333. The van der Waals surface area contributed by atoms with Gasteiger partial charge in [0.1, 0.15) is 11.0 Å². The van der Waals surface area contributed by atoms with E-state index >= 15 is 0 Å². The number of hydrogen-bond donors (Lipinski definition) is 2. The third-order valence-corrected chi connectivity index (χ3v) is 2.22. The van der Waals surface area contributed by atoms with E-state index in [0.717, 1.165) is 6.20 Å². The Balaban J connectivity index is 2.76. The minimum absolute atomic E-state index is 0.0893. The van der Waals surface area contributed by atoms with Gasteiger partial charge in [-0.3, -0.25) is 4.79 Å². The summed E-state index contributed by atoms with van der Waals surface area (Å²) in [4.78, 5) is 13.9. The van der Waals surface area contributed by atoms with Gasteiger partial charge in [-0.2, -0.15) is 0 Å². The minimum atomic E-state index is -0.953. The van der Waals surface area contributed by atoms with Gasteiger partial charge in [-0.25, -0.2) is 9.37 Å². The van der Waals surface area contributed by atoms with Crippen LogP contribution >= 0.6 is 11.6 Å². The van der Waals surface area contributed by atoms with Crippen molar-refractivity contribution < 1.29 is 14.3 Å². The van der Waals surface area contributed by atoms with Crippen LogP contribution in [0.25, 0.3) is 0 Å². The number of hydrogen-bond acceptors (Lipinski definition) is 3. The molecule has 0 saturated carbocycles. The maximum Gasteiger partial charge on any atom is 0.303 e. The van der Waals surface area contributed by atoms with Gasteiger partial charge in [0, 0.05) is 18.0 Å². The Morgan fingerprint density at radius 3 is 3.00 bits per heavy atom. The fourth-order valence-corrected chi connectivity index (χ4v) is 1.38. The molecule has 0 spiro atoms. The topological polar surface area (TPSA) is 76.2 Å². The summed E-state index contributed by atoms with van der Waals surface area (Å²) in [5, 5.41) is 8.56. The van der Waals surface area contributed by atoms with E-state index in [4.69, 9.17) is 22.4 Å². The molecule has 0 aliphatic rings. The number of nitrogens with zero attached hydrogens (tertiary/aromatic N) is 1. The van der Waals surface area contributed by atoms with Gasteiger partial charge in [-0.1, -0.05) is 11.6 Å². The van der Waals surface area contributed by atoms with Gasteiger partial charge < -0.3 is 10.8 Å². The number of nitrogens with two attached hydrogens (primary N) is 1. The van der Waals surface area contributed by atoms with Crippen LogP contribution in [0.2, 0.25) is 5.15 Å². The average molecular weight is 233 g/mol. The molecule has 0 bridgehead atoms. The third kappa shape index (κ3) is 3.45. The van der Waals surface area contributed by atoms with E-state index in [-0.39, 0.29) is 18.0 Å². The Bertz CT molecular complexity index is 373. The van der Waals surface area contributed by atoms with Crippen LogP contribution in [0.5, 0.6) is 0 Å². The van der Waals surface area contributed by atoms with E-state index in [1.807, 2.05) is 0 Å². The second-order valence-electron chi connectivity index (χ2n) is 3.07. The summed E-state index contributed by atoms with van der Waals surface area (Å²) in [6.45, 7) is 0. The standard InChI is InChI=1S/C9H10ClFN2O2/c10-9-6(3-5(11)4-13-9)7(12)1-2-8(14)15/h3-4,7H,1-2,12H2,(H,14,15). The maximum absolute atomic E-state index is 12.8. The number of halogens is 2. The SMILES string of the molecule is NC(CCC(=O)O)c1cc(F)cnc1Cl. The van der Waals surface area contributed by atoms with Crippen molar-refractivity contribution in [3.05, 3.63) is 28.8 Å². The monoisotopic (exact) mass is 232 g/mol. The third-order valence-electron chi connectivity index (χ3n) is 1.90. The minimum Gasteiger partial charge on any atom is -0.481 e. The molecular weight excluding hydrogens is 223 g/mol. The predicted octanol–water partition coefficient (Wildman–Crippen LogP) is 1.74. The maximum atomic E-state index is 12.8. The van der Waals surface area contributed by atoms with E-state index in [1.54, 1.807) is 0 Å². The zero-order valence-electron chi connectivity index (χ0n) is 7.78. The molecule has 1 heterocycles. The lowest BCUT2D eigenvalue weighted by molar-refractivity contribution is -0.137. The van der Waals surface area contributed by atoms with Gasteiger partial charge in [-0.05, 0) is 12.5 Å². The Hall–Kier alpha value is -1.20. The first kappa shape index (κ1) is 11.9. The molecular formula is C9H10ClFN2O2. The highest BCUT2D eigenvalue weighted by Gasteiger charge is 2.13. The van der Waals surface area contributed by atoms with Crippen LogP contribution in [0, 0.1) is 5.82 Å². The summed E-state index contributed by atoms with van der Waals surface area (Å²) in [7, 11) is 0. The van der Waals surface area contributed by atoms with Crippen molar-refractivity contribution in [2.24, 2.45) is 5.73 Å². The first-order valence-electron chi connectivity index (χ1n) is 4.29. The van der Waals surface area contributed by atoms with Crippen molar-refractivity contribution in [1.82, 2.24) is 4.98 Å². The van der Waals surface area contributed by atoms with Gasteiger partial charge in [0.05, 0.1) is 6.20 Å². The van der Waals surface area contributed by atoms with E-state index < -0.39 is 17.8 Å². The number of rotatable bonds is 4. The van der Waals surface area contributed by atoms with Crippen molar-refractivity contribution in [3.63, 3.8) is 0 Å². The van der Waals surface area contributed by atoms with Crippen LogP contribution in [-0.4, -0.2) is 16.1 Å². The first-order chi connectivity index (χ1) is 7.00. The van der Waals surface area contributed by atoms with Crippen molar-refractivity contribution in [2.75, 3.05) is 0 Å². The Morgan fingerprint density at radius 2 is 2.40 bits per heavy atom. The second kappa shape index (κ2) is 5.04. The number of carbonyl (C=O) groups is 1. The lowest BCUT2D eigenvalue weighted by Gasteiger charge is -2.11. The average Bonchev–Trinajstić information content (AvgIpc) is 2.18. The van der Waals surface area contributed by atoms with Crippen LogP contribution in [0.3, 0.4) is 0 Å². The highest BCUT2D eigenvalue weighted by molar-refractivity contribution is 6.30. The number of pyridine rings is 1. The number of carboxylic acid groups (broad SMARTS) is 1. The van der Waals surface area contributed by atoms with Gasteiger partial charge in [-0.15, -0.1) is 0 Å². The Labute approximate surface area is 90.9 Å². The zero-order valence-corrected chi connectivity index (χ0v) is 8.54.